The average molecular weight is 275 g/mol. The van der Waals surface area contributed by atoms with Crippen molar-refractivity contribution in [3.05, 3.63) is 47.9 Å². The van der Waals surface area contributed by atoms with E-state index in [0.29, 0.717) is 17.1 Å². The second-order valence-corrected chi connectivity index (χ2v) is 3.98. The summed E-state index contributed by atoms with van der Waals surface area (Å²) in [6.07, 6.45) is 1.53. The van der Waals surface area contributed by atoms with Crippen molar-refractivity contribution < 1.29 is 13.9 Å². The van der Waals surface area contributed by atoms with Gasteiger partial charge in [0.05, 0.1) is 12.8 Å². The molecular weight excluding hydrogens is 261 g/mol. The summed E-state index contributed by atoms with van der Waals surface area (Å²) in [6, 6.07) is 7.12. The zero-order chi connectivity index (χ0) is 14.5. The highest BCUT2D eigenvalue weighted by Crippen LogP contribution is 2.25. The third kappa shape index (κ3) is 3.03. The van der Waals surface area contributed by atoms with E-state index in [4.69, 9.17) is 4.74 Å². The predicted molar refractivity (Wildman–Crippen MR) is 74.7 cm³/mol. The monoisotopic (exact) mass is 275 g/mol. The number of rotatable bonds is 4. The number of methoxy groups -OCH3 is 1. The minimum absolute atomic E-state index is 0.265. The molecule has 0 saturated carbocycles. The van der Waals surface area contributed by atoms with Gasteiger partial charge in [0.2, 0.25) is 0 Å². The number of anilines is 2. The van der Waals surface area contributed by atoms with E-state index in [9.17, 15) is 9.18 Å². The highest BCUT2D eigenvalue weighted by Gasteiger charge is 2.11. The molecule has 1 aromatic carbocycles. The van der Waals surface area contributed by atoms with Crippen LogP contribution in [0.15, 0.2) is 36.5 Å². The van der Waals surface area contributed by atoms with Crippen molar-refractivity contribution in [2.24, 2.45) is 0 Å². The zero-order valence-electron chi connectivity index (χ0n) is 11.1. The number of nitrogens with one attached hydrogen (secondary N) is 2. The maximum Gasteiger partial charge on any atom is 0.255 e. The molecule has 2 aromatic rings. The second-order valence-electron chi connectivity index (χ2n) is 3.98. The smallest absolute Gasteiger partial charge is 0.255 e. The zero-order valence-corrected chi connectivity index (χ0v) is 11.1. The van der Waals surface area contributed by atoms with Crippen LogP contribution in [0.4, 0.5) is 15.9 Å². The number of nitrogens with zero attached hydrogens (tertiary/aromatic N) is 1. The predicted octanol–water partition coefficient (Wildman–Crippen LogP) is 2.52. The largest absolute Gasteiger partial charge is 0.494 e. The van der Waals surface area contributed by atoms with Gasteiger partial charge >= 0.3 is 0 Å². The number of halogens is 1. The molecule has 2 N–H and O–H groups in total. The highest BCUT2D eigenvalue weighted by atomic mass is 19.1. The Hall–Kier alpha value is -2.63. The minimum Gasteiger partial charge on any atom is -0.494 e. The van der Waals surface area contributed by atoms with Crippen LogP contribution in [0.25, 0.3) is 0 Å². The van der Waals surface area contributed by atoms with E-state index in [2.05, 4.69) is 15.6 Å². The van der Waals surface area contributed by atoms with Gasteiger partial charge in [0, 0.05) is 24.9 Å². The van der Waals surface area contributed by atoms with Crippen LogP contribution in [-0.4, -0.2) is 25.0 Å². The van der Waals surface area contributed by atoms with E-state index in [1.165, 1.54) is 31.5 Å². The van der Waals surface area contributed by atoms with Gasteiger partial charge in [0.25, 0.3) is 5.91 Å². The maximum atomic E-state index is 13.1. The lowest BCUT2D eigenvalue weighted by atomic mass is 10.2. The Morgan fingerprint density at radius 2 is 2.10 bits per heavy atom. The number of carbonyl (C=O) groups excluding carboxylic acids is 1. The van der Waals surface area contributed by atoms with Crippen LogP contribution in [0.1, 0.15) is 10.4 Å². The van der Waals surface area contributed by atoms with Crippen LogP contribution < -0.4 is 15.4 Å². The van der Waals surface area contributed by atoms with Gasteiger partial charge in [-0.1, -0.05) is 0 Å². The number of benzene rings is 1. The summed E-state index contributed by atoms with van der Waals surface area (Å²) in [7, 11) is 3.13. The first-order valence-electron chi connectivity index (χ1n) is 5.92. The van der Waals surface area contributed by atoms with Crippen molar-refractivity contribution in [2.45, 2.75) is 0 Å². The van der Waals surface area contributed by atoms with Crippen LogP contribution in [0.5, 0.6) is 5.75 Å². The molecule has 0 fully saturated rings. The summed E-state index contributed by atoms with van der Waals surface area (Å²) in [6.45, 7) is 0. The summed E-state index contributed by atoms with van der Waals surface area (Å²) >= 11 is 0. The first kappa shape index (κ1) is 13.8. The quantitative estimate of drug-likeness (QED) is 0.900. The Morgan fingerprint density at radius 3 is 2.80 bits per heavy atom. The lowest BCUT2D eigenvalue weighted by Crippen LogP contribution is -2.13. The fraction of sp³-hybridized carbons (Fsp3) is 0.143. The van der Waals surface area contributed by atoms with Crippen molar-refractivity contribution in [3.63, 3.8) is 0 Å². The molecule has 0 aliphatic rings. The number of ether oxygens (including phenoxy) is 1. The Balaban J connectivity index is 2.23. The van der Waals surface area contributed by atoms with Gasteiger partial charge in [-0.05, 0) is 24.3 Å². The first-order chi connectivity index (χ1) is 9.63. The Kier molecular flexibility index (Phi) is 4.14. The minimum atomic E-state index is -0.429. The van der Waals surface area contributed by atoms with Crippen molar-refractivity contribution in [1.29, 1.82) is 0 Å². The molecule has 1 amide bonds. The van der Waals surface area contributed by atoms with E-state index in [-0.39, 0.29) is 11.7 Å². The van der Waals surface area contributed by atoms with E-state index in [1.807, 2.05) is 0 Å². The van der Waals surface area contributed by atoms with Crippen molar-refractivity contribution in [1.82, 2.24) is 4.98 Å². The molecule has 0 saturated heterocycles. The molecule has 0 spiro atoms. The molecular formula is C14H14FN3O2. The summed E-state index contributed by atoms with van der Waals surface area (Å²) in [4.78, 5) is 16.1. The molecule has 2 rings (SSSR count). The summed E-state index contributed by atoms with van der Waals surface area (Å²) in [5, 5.41) is 5.52. The van der Waals surface area contributed by atoms with E-state index < -0.39 is 5.82 Å². The number of amides is 1. The topological polar surface area (TPSA) is 63.2 Å². The Bertz CT molecular complexity index is 632. The van der Waals surface area contributed by atoms with Crippen LogP contribution in [0.3, 0.4) is 0 Å². The number of pyridine rings is 1. The van der Waals surface area contributed by atoms with E-state index in [1.54, 1.807) is 19.2 Å². The normalized spacial score (nSPS) is 9.95. The molecule has 0 radical (unpaired) electrons. The van der Waals surface area contributed by atoms with E-state index in [0.717, 1.165) is 0 Å². The van der Waals surface area contributed by atoms with Crippen molar-refractivity contribution in [2.75, 3.05) is 24.8 Å². The Morgan fingerprint density at radius 1 is 1.30 bits per heavy atom. The average Bonchev–Trinajstić information content (AvgIpc) is 2.49. The third-order valence-corrected chi connectivity index (χ3v) is 2.69. The van der Waals surface area contributed by atoms with Gasteiger partial charge in [-0.15, -0.1) is 0 Å². The molecule has 0 bridgehead atoms. The summed E-state index contributed by atoms with van der Waals surface area (Å²) in [5.74, 6) is 0.0972. The molecule has 5 nitrogen and oxygen atoms in total. The fourth-order valence-electron chi connectivity index (χ4n) is 1.67. The number of aromatic nitrogens is 1. The maximum absolute atomic E-state index is 13.1. The van der Waals surface area contributed by atoms with Gasteiger partial charge in [0.1, 0.15) is 17.4 Å². The van der Waals surface area contributed by atoms with E-state index >= 15 is 0 Å². The fourth-order valence-corrected chi connectivity index (χ4v) is 1.67. The van der Waals surface area contributed by atoms with Gasteiger partial charge in [-0.2, -0.15) is 0 Å². The second kappa shape index (κ2) is 6.01. The van der Waals surface area contributed by atoms with Gasteiger partial charge in [-0.3, -0.25) is 4.79 Å². The molecule has 104 valence electrons. The number of hydrogen-bond donors (Lipinski definition) is 2. The lowest BCUT2D eigenvalue weighted by Gasteiger charge is -2.10. The molecule has 1 aromatic heterocycles. The summed E-state index contributed by atoms with van der Waals surface area (Å²) < 4.78 is 18.1. The summed E-state index contributed by atoms with van der Waals surface area (Å²) in [5.41, 5.74) is 0.845. The molecule has 0 atom stereocenters. The van der Waals surface area contributed by atoms with Gasteiger partial charge < -0.3 is 15.4 Å². The first-order valence-corrected chi connectivity index (χ1v) is 5.92. The van der Waals surface area contributed by atoms with Crippen molar-refractivity contribution >= 4 is 17.4 Å². The van der Waals surface area contributed by atoms with Crippen molar-refractivity contribution in [3.8, 4) is 5.75 Å². The molecule has 6 heteroatoms. The highest BCUT2D eigenvalue weighted by molar-refractivity contribution is 6.05. The van der Waals surface area contributed by atoms with Gasteiger partial charge in [-0.25, -0.2) is 9.37 Å². The number of carbonyl (C=O) groups is 1. The van der Waals surface area contributed by atoms with Crippen LogP contribution in [0.2, 0.25) is 0 Å². The molecule has 0 unspecified atom stereocenters. The lowest BCUT2D eigenvalue weighted by molar-refractivity contribution is 0.102. The van der Waals surface area contributed by atoms with Crippen LogP contribution in [0, 0.1) is 5.82 Å². The van der Waals surface area contributed by atoms with Crippen LogP contribution in [-0.2, 0) is 0 Å². The SMILES string of the molecule is CNc1cc(C(=O)Nc2ccc(F)cc2OC)ccn1. The van der Waals surface area contributed by atoms with Crippen LogP contribution >= 0.6 is 0 Å². The van der Waals surface area contributed by atoms with Gasteiger partial charge in [0.15, 0.2) is 0 Å². The molecule has 0 aliphatic heterocycles. The Labute approximate surface area is 115 Å². The molecule has 0 aliphatic carbocycles. The molecule has 1 heterocycles. The number of hydrogen-bond acceptors (Lipinski definition) is 4. The standard InChI is InChI=1S/C14H14FN3O2/c1-16-13-7-9(5-6-17-13)14(19)18-11-4-3-10(15)8-12(11)20-2/h3-8H,1-2H3,(H,16,17)(H,18,19). The molecule has 20 heavy (non-hydrogen) atoms. The third-order valence-electron chi connectivity index (χ3n) is 2.69.